The molecule has 0 heterocycles. The van der Waals surface area contributed by atoms with Crippen LogP contribution in [0.25, 0.3) is 0 Å². The molecule has 21 heavy (non-hydrogen) atoms. The summed E-state index contributed by atoms with van der Waals surface area (Å²) >= 11 is 0. The second-order valence-electron chi connectivity index (χ2n) is 4.17. The first kappa shape index (κ1) is 16.8. The average Bonchev–Trinajstić information content (AvgIpc) is 2.47. The van der Waals surface area contributed by atoms with Gasteiger partial charge < -0.3 is 25.3 Å². The van der Waals surface area contributed by atoms with E-state index in [4.69, 9.17) is 19.9 Å². The first-order chi connectivity index (χ1) is 10.1. The van der Waals surface area contributed by atoms with Crippen molar-refractivity contribution in [2.24, 2.45) is 0 Å². The molecule has 0 spiro atoms. The summed E-state index contributed by atoms with van der Waals surface area (Å²) in [5, 5.41) is 2.54. The molecule has 0 unspecified atom stereocenters. The molecule has 1 rings (SSSR count). The van der Waals surface area contributed by atoms with Gasteiger partial charge in [0.25, 0.3) is 5.91 Å². The second-order valence-corrected chi connectivity index (χ2v) is 4.17. The third-order valence-electron chi connectivity index (χ3n) is 2.45. The van der Waals surface area contributed by atoms with Gasteiger partial charge in [-0.05, 0) is 24.3 Å². The maximum absolute atomic E-state index is 11.4. The molecular formula is C14H20N2O5. The van der Waals surface area contributed by atoms with Crippen molar-refractivity contribution < 1.29 is 23.8 Å². The van der Waals surface area contributed by atoms with Gasteiger partial charge in [-0.25, -0.2) is 0 Å². The number of carbonyl (C=O) groups is 2. The van der Waals surface area contributed by atoms with Gasteiger partial charge in [-0.15, -0.1) is 0 Å². The fourth-order valence-corrected chi connectivity index (χ4v) is 1.38. The van der Waals surface area contributed by atoms with Gasteiger partial charge in [0.05, 0.1) is 19.6 Å². The predicted molar refractivity (Wildman–Crippen MR) is 76.8 cm³/mol. The molecule has 0 radical (unpaired) electrons. The predicted octanol–water partition coefficient (Wildman–Crippen LogP) is 0.344. The zero-order chi connectivity index (χ0) is 15.5. The van der Waals surface area contributed by atoms with Crippen LogP contribution in [0.2, 0.25) is 0 Å². The van der Waals surface area contributed by atoms with Crippen LogP contribution in [0, 0.1) is 0 Å². The lowest BCUT2D eigenvalue weighted by molar-refractivity contribution is -0.149. The van der Waals surface area contributed by atoms with E-state index >= 15 is 0 Å². The molecule has 0 aliphatic rings. The highest BCUT2D eigenvalue weighted by molar-refractivity contribution is 5.80. The molecule has 0 aromatic heterocycles. The molecule has 116 valence electrons. The van der Waals surface area contributed by atoms with E-state index in [2.05, 4.69) is 5.32 Å². The monoisotopic (exact) mass is 296 g/mol. The molecule has 0 aliphatic heterocycles. The van der Waals surface area contributed by atoms with Crippen LogP contribution < -0.4 is 15.8 Å². The first-order valence-corrected chi connectivity index (χ1v) is 6.51. The SMILES string of the molecule is COCCNC(=O)COC(=O)CCOc1ccc(N)cc1. The Balaban J connectivity index is 2.11. The van der Waals surface area contributed by atoms with Crippen molar-refractivity contribution >= 4 is 17.6 Å². The third-order valence-corrected chi connectivity index (χ3v) is 2.45. The number of rotatable bonds is 9. The van der Waals surface area contributed by atoms with Crippen LogP contribution in [0.1, 0.15) is 6.42 Å². The van der Waals surface area contributed by atoms with Gasteiger partial charge in [0.1, 0.15) is 5.75 Å². The van der Waals surface area contributed by atoms with E-state index in [9.17, 15) is 9.59 Å². The highest BCUT2D eigenvalue weighted by Crippen LogP contribution is 2.13. The van der Waals surface area contributed by atoms with Crippen LogP contribution >= 0.6 is 0 Å². The number of amides is 1. The van der Waals surface area contributed by atoms with E-state index in [0.717, 1.165) is 0 Å². The van der Waals surface area contributed by atoms with Crippen LogP contribution in [-0.2, 0) is 19.1 Å². The van der Waals surface area contributed by atoms with Crippen molar-refractivity contribution in [2.75, 3.05) is 39.2 Å². The molecule has 0 bridgehead atoms. The Kier molecular flexibility index (Phi) is 7.67. The molecule has 1 amide bonds. The quantitative estimate of drug-likeness (QED) is 0.387. The summed E-state index contributed by atoms with van der Waals surface area (Å²) in [5.74, 6) is -0.235. The Hall–Kier alpha value is -2.28. The highest BCUT2D eigenvalue weighted by atomic mass is 16.5. The van der Waals surface area contributed by atoms with Crippen molar-refractivity contribution in [2.45, 2.75) is 6.42 Å². The van der Waals surface area contributed by atoms with Crippen LogP contribution in [0.5, 0.6) is 5.75 Å². The molecule has 3 N–H and O–H groups in total. The van der Waals surface area contributed by atoms with E-state index in [1.807, 2.05) is 0 Å². The summed E-state index contributed by atoms with van der Waals surface area (Å²) in [7, 11) is 1.53. The van der Waals surface area contributed by atoms with Crippen molar-refractivity contribution in [1.29, 1.82) is 0 Å². The maximum Gasteiger partial charge on any atom is 0.309 e. The number of anilines is 1. The van der Waals surface area contributed by atoms with Crippen molar-refractivity contribution in [3.63, 3.8) is 0 Å². The second kappa shape index (κ2) is 9.60. The highest BCUT2D eigenvalue weighted by Gasteiger charge is 2.07. The minimum absolute atomic E-state index is 0.0652. The molecule has 0 aliphatic carbocycles. The van der Waals surface area contributed by atoms with Gasteiger partial charge in [0.2, 0.25) is 0 Å². The smallest absolute Gasteiger partial charge is 0.309 e. The molecule has 0 fully saturated rings. The molecule has 0 atom stereocenters. The minimum atomic E-state index is -0.493. The summed E-state index contributed by atoms with van der Waals surface area (Å²) in [6.45, 7) is 0.667. The first-order valence-electron chi connectivity index (χ1n) is 6.51. The Bertz CT molecular complexity index is 447. The van der Waals surface area contributed by atoms with E-state index in [1.54, 1.807) is 24.3 Å². The van der Waals surface area contributed by atoms with Crippen molar-refractivity contribution in [3.8, 4) is 5.75 Å². The molecule has 1 aromatic carbocycles. The van der Waals surface area contributed by atoms with Gasteiger partial charge in [-0.3, -0.25) is 9.59 Å². The lowest BCUT2D eigenvalue weighted by Gasteiger charge is -2.07. The lowest BCUT2D eigenvalue weighted by atomic mass is 10.3. The summed E-state index contributed by atoms with van der Waals surface area (Å²) in [6, 6.07) is 6.84. The summed E-state index contributed by atoms with van der Waals surface area (Å²) in [6.07, 6.45) is 0.0652. The number of nitrogen functional groups attached to an aromatic ring is 1. The van der Waals surface area contributed by atoms with E-state index < -0.39 is 5.97 Å². The number of hydrogen-bond donors (Lipinski definition) is 2. The Morgan fingerprint density at radius 3 is 2.57 bits per heavy atom. The molecule has 7 heteroatoms. The average molecular weight is 296 g/mol. The molecule has 1 aromatic rings. The van der Waals surface area contributed by atoms with Gasteiger partial charge in [0.15, 0.2) is 6.61 Å². The summed E-state index contributed by atoms with van der Waals surface area (Å²) in [5.41, 5.74) is 6.18. The Morgan fingerprint density at radius 2 is 1.90 bits per heavy atom. The maximum atomic E-state index is 11.4. The van der Waals surface area contributed by atoms with Gasteiger partial charge in [-0.2, -0.15) is 0 Å². The zero-order valence-corrected chi connectivity index (χ0v) is 12.0. The zero-order valence-electron chi connectivity index (χ0n) is 12.0. The number of hydrogen-bond acceptors (Lipinski definition) is 6. The number of nitrogens with two attached hydrogens (primary N) is 1. The number of methoxy groups -OCH3 is 1. The number of ether oxygens (including phenoxy) is 3. The van der Waals surface area contributed by atoms with Gasteiger partial charge >= 0.3 is 5.97 Å². The summed E-state index contributed by atoms with van der Waals surface area (Å²) < 4.78 is 14.9. The van der Waals surface area contributed by atoms with Crippen LogP contribution in [0.3, 0.4) is 0 Å². The van der Waals surface area contributed by atoms with Crippen LogP contribution in [-0.4, -0.2) is 45.4 Å². The minimum Gasteiger partial charge on any atom is -0.493 e. The van der Waals surface area contributed by atoms with E-state index in [1.165, 1.54) is 7.11 Å². The van der Waals surface area contributed by atoms with E-state index in [-0.39, 0.29) is 25.5 Å². The lowest BCUT2D eigenvalue weighted by Crippen LogP contribution is -2.31. The van der Waals surface area contributed by atoms with E-state index in [0.29, 0.717) is 24.6 Å². The topological polar surface area (TPSA) is 99.9 Å². The fourth-order valence-electron chi connectivity index (χ4n) is 1.38. The number of benzene rings is 1. The van der Waals surface area contributed by atoms with Crippen molar-refractivity contribution in [3.05, 3.63) is 24.3 Å². The standard InChI is InChI=1S/C14H20N2O5/c1-19-9-7-16-13(17)10-21-14(18)6-8-20-12-4-2-11(15)3-5-12/h2-5H,6-10,15H2,1H3,(H,16,17). The molecule has 0 saturated heterocycles. The number of carbonyl (C=O) groups excluding carboxylic acids is 2. The molecule has 0 saturated carbocycles. The number of esters is 1. The molecular weight excluding hydrogens is 276 g/mol. The van der Waals surface area contributed by atoms with Crippen molar-refractivity contribution in [1.82, 2.24) is 5.32 Å². The Morgan fingerprint density at radius 1 is 1.19 bits per heavy atom. The van der Waals surface area contributed by atoms with Gasteiger partial charge in [-0.1, -0.05) is 0 Å². The third kappa shape index (κ3) is 7.78. The normalized spacial score (nSPS) is 9.95. The largest absolute Gasteiger partial charge is 0.493 e. The Labute approximate surface area is 123 Å². The van der Waals surface area contributed by atoms with Gasteiger partial charge in [0, 0.05) is 19.3 Å². The van der Waals surface area contributed by atoms with Crippen LogP contribution in [0.4, 0.5) is 5.69 Å². The molecule has 7 nitrogen and oxygen atoms in total. The van der Waals surface area contributed by atoms with Crippen LogP contribution in [0.15, 0.2) is 24.3 Å². The fraction of sp³-hybridized carbons (Fsp3) is 0.429. The number of nitrogens with one attached hydrogen (secondary N) is 1. The summed E-state index contributed by atoms with van der Waals surface area (Å²) in [4.78, 5) is 22.7.